The maximum atomic E-state index is 13.0. The average Bonchev–Trinajstić information content (AvgIpc) is 2.82. The standard InChI is InChI=1S/C23H20N4O6/c1-13-7-9-15(10-8-13)26-20(23(29)33-3)19(22(28)32-2)18(17(12-24)21(26)25)14-5-4-6-16(11-14)27(30)31/h4-11,18H,25H2,1-3H3. The minimum absolute atomic E-state index is 0.0795. The molecule has 1 aliphatic heterocycles. The Morgan fingerprint density at radius 3 is 2.30 bits per heavy atom. The highest BCUT2D eigenvalue weighted by molar-refractivity contribution is 6.06. The molecule has 1 atom stereocenters. The maximum absolute atomic E-state index is 13.0. The number of nitro benzene ring substituents is 1. The number of hydrogen-bond donors (Lipinski definition) is 1. The van der Waals surface area contributed by atoms with E-state index in [4.69, 9.17) is 15.2 Å². The lowest BCUT2D eigenvalue weighted by atomic mass is 9.80. The monoisotopic (exact) mass is 448 g/mol. The Hall–Kier alpha value is -4.65. The van der Waals surface area contributed by atoms with E-state index in [-0.39, 0.29) is 33.9 Å². The van der Waals surface area contributed by atoms with Gasteiger partial charge in [-0.3, -0.25) is 15.0 Å². The van der Waals surface area contributed by atoms with Crippen LogP contribution in [0.25, 0.3) is 0 Å². The Labute approximate surface area is 189 Å². The third-order valence-electron chi connectivity index (χ3n) is 5.18. The third kappa shape index (κ3) is 4.12. The van der Waals surface area contributed by atoms with Crippen molar-refractivity contribution in [3.05, 3.63) is 92.4 Å². The van der Waals surface area contributed by atoms with Gasteiger partial charge in [0.2, 0.25) is 0 Å². The topological polar surface area (TPSA) is 149 Å². The number of benzene rings is 2. The minimum atomic E-state index is -1.20. The van der Waals surface area contributed by atoms with E-state index in [1.54, 1.807) is 24.3 Å². The quantitative estimate of drug-likeness (QED) is 0.414. The van der Waals surface area contributed by atoms with Gasteiger partial charge in [-0.1, -0.05) is 29.8 Å². The van der Waals surface area contributed by atoms with Crippen LogP contribution in [0, 0.1) is 28.4 Å². The van der Waals surface area contributed by atoms with Crippen LogP contribution in [0.2, 0.25) is 0 Å². The van der Waals surface area contributed by atoms with Gasteiger partial charge in [0.25, 0.3) is 5.69 Å². The van der Waals surface area contributed by atoms with Crippen molar-refractivity contribution in [1.29, 1.82) is 5.26 Å². The van der Waals surface area contributed by atoms with Gasteiger partial charge in [0.05, 0.1) is 42.3 Å². The second-order valence-electron chi connectivity index (χ2n) is 7.11. The Balaban J connectivity index is 2.41. The van der Waals surface area contributed by atoms with Crippen molar-refractivity contribution >= 4 is 23.3 Å². The van der Waals surface area contributed by atoms with Gasteiger partial charge in [-0.2, -0.15) is 5.26 Å². The van der Waals surface area contributed by atoms with Crippen LogP contribution in [0.4, 0.5) is 11.4 Å². The number of aryl methyl sites for hydroxylation is 1. The molecule has 2 N–H and O–H groups in total. The van der Waals surface area contributed by atoms with Crippen LogP contribution in [-0.4, -0.2) is 31.1 Å². The molecule has 1 heterocycles. The van der Waals surface area contributed by atoms with E-state index in [2.05, 4.69) is 0 Å². The molecule has 1 aliphatic rings. The zero-order valence-corrected chi connectivity index (χ0v) is 18.1. The summed E-state index contributed by atoms with van der Waals surface area (Å²) in [6, 6.07) is 14.3. The number of ether oxygens (including phenoxy) is 2. The Morgan fingerprint density at radius 2 is 1.76 bits per heavy atom. The summed E-state index contributed by atoms with van der Waals surface area (Å²) in [5.41, 5.74) is 7.12. The summed E-state index contributed by atoms with van der Waals surface area (Å²) < 4.78 is 9.88. The first kappa shape index (κ1) is 23.0. The Bertz CT molecular complexity index is 1240. The molecule has 3 rings (SSSR count). The highest BCUT2D eigenvalue weighted by Crippen LogP contribution is 2.43. The molecule has 0 bridgehead atoms. The molecule has 0 aliphatic carbocycles. The molecule has 33 heavy (non-hydrogen) atoms. The molecule has 0 amide bonds. The molecule has 10 heteroatoms. The highest BCUT2D eigenvalue weighted by Gasteiger charge is 2.43. The van der Waals surface area contributed by atoms with E-state index < -0.39 is 22.8 Å². The lowest BCUT2D eigenvalue weighted by Crippen LogP contribution is -2.40. The normalized spacial score (nSPS) is 15.7. The smallest absolute Gasteiger partial charge is 0.355 e. The lowest BCUT2D eigenvalue weighted by molar-refractivity contribution is -0.384. The molecule has 2 aromatic rings. The first-order valence-corrected chi connectivity index (χ1v) is 9.66. The van der Waals surface area contributed by atoms with Gasteiger partial charge in [0, 0.05) is 17.8 Å². The number of non-ortho nitro benzene ring substituents is 1. The van der Waals surface area contributed by atoms with Crippen molar-refractivity contribution in [3.8, 4) is 6.07 Å². The van der Waals surface area contributed by atoms with E-state index in [1.165, 1.54) is 29.2 Å². The number of allylic oxidation sites excluding steroid dienone is 1. The van der Waals surface area contributed by atoms with Gasteiger partial charge >= 0.3 is 11.9 Å². The van der Waals surface area contributed by atoms with Crippen LogP contribution in [0.1, 0.15) is 17.0 Å². The number of esters is 2. The predicted molar refractivity (Wildman–Crippen MR) is 117 cm³/mol. The van der Waals surface area contributed by atoms with Gasteiger partial charge in [0.15, 0.2) is 0 Å². The number of hydrogen-bond acceptors (Lipinski definition) is 9. The van der Waals surface area contributed by atoms with E-state index in [9.17, 15) is 25.0 Å². The zero-order valence-electron chi connectivity index (χ0n) is 18.1. The summed E-state index contributed by atoms with van der Waals surface area (Å²) in [5.74, 6) is -3.13. The van der Waals surface area contributed by atoms with Crippen LogP contribution in [0.15, 0.2) is 71.2 Å². The molecule has 0 fully saturated rings. The third-order valence-corrected chi connectivity index (χ3v) is 5.18. The number of rotatable bonds is 5. The van der Waals surface area contributed by atoms with E-state index >= 15 is 0 Å². The highest BCUT2D eigenvalue weighted by atomic mass is 16.6. The molecule has 0 radical (unpaired) electrons. The van der Waals surface area contributed by atoms with Crippen molar-refractivity contribution in [2.24, 2.45) is 5.73 Å². The fourth-order valence-corrected chi connectivity index (χ4v) is 3.65. The number of carbonyl (C=O) groups is 2. The van der Waals surface area contributed by atoms with Crippen molar-refractivity contribution < 1.29 is 24.0 Å². The second-order valence-corrected chi connectivity index (χ2v) is 7.11. The van der Waals surface area contributed by atoms with Crippen LogP contribution in [0.5, 0.6) is 0 Å². The van der Waals surface area contributed by atoms with Crippen LogP contribution in [-0.2, 0) is 19.1 Å². The summed E-state index contributed by atoms with van der Waals surface area (Å²) in [6.45, 7) is 1.87. The molecule has 0 saturated carbocycles. The molecule has 0 aromatic heterocycles. The van der Waals surface area contributed by atoms with Crippen molar-refractivity contribution in [2.45, 2.75) is 12.8 Å². The van der Waals surface area contributed by atoms with Crippen LogP contribution >= 0.6 is 0 Å². The first-order chi connectivity index (χ1) is 15.7. The summed E-state index contributed by atoms with van der Waals surface area (Å²) in [5, 5.41) is 21.3. The fraction of sp³-hybridized carbons (Fsp3) is 0.174. The largest absolute Gasteiger partial charge is 0.466 e. The molecular formula is C23H20N4O6. The number of carbonyl (C=O) groups excluding carboxylic acids is 2. The number of nitrogens with zero attached hydrogens (tertiary/aromatic N) is 3. The van der Waals surface area contributed by atoms with E-state index in [0.29, 0.717) is 5.69 Å². The predicted octanol–water partition coefficient (Wildman–Crippen LogP) is 2.80. The number of anilines is 1. The minimum Gasteiger partial charge on any atom is -0.466 e. The SMILES string of the molecule is COC(=O)C1=C(C(=O)OC)N(c2ccc(C)cc2)C(N)=C(C#N)C1c1cccc([N+](=O)[O-])c1. The van der Waals surface area contributed by atoms with Crippen LogP contribution in [0.3, 0.4) is 0 Å². The van der Waals surface area contributed by atoms with Crippen molar-refractivity contribution in [3.63, 3.8) is 0 Å². The summed E-state index contributed by atoms with van der Waals surface area (Å²) in [7, 11) is 2.26. The molecule has 1 unspecified atom stereocenters. The molecule has 0 saturated heterocycles. The zero-order chi connectivity index (χ0) is 24.3. The first-order valence-electron chi connectivity index (χ1n) is 9.66. The molecule has 10 nitrogen and oxygen atoms in total. The van der Waals surface area contributed by atoms with Gasteiger partial charge in [0.1, 0.15) is 11.5 Å². The van der Waals surface area contributed by atoms with Crippen molar-refractivity contribution in [2.75, 3.05) is 19.1 Å². The van der Waals surface area contributed by atoms with Gasteiger partial charge < -0.3 is 15.2 Å². The molecule has 0 spiro atoms. The Kier molecular flexibility index (Phi) is 6.44. The molecular weight excluding hydrogens is 428 g/mol. The van der Waals surface area contributed by atoms with Gasteiger partial charge in [-0.05, 0) is 24.6 Å². The lowest BCUT2D eigenvalue weighted by Gasteiger charge is -2.35. The number of nitro groups is 1. The maximum Gasteiger partial charge on any atom is 0.355 e. The van der Waals surface area contributed by atoms with Gasteiger partial charge in [-0.25, -0.2) is 9.59 Å². The summed E-state index contributed by atoms with van der Waals surface area (Å²) >= 11 is 0. The molecule has 2 aromatic carbocycles. The van der Waals surface area contributed by atoms with E-state index in [1.807, 2.05) is 13.0 Å². The number of nitriles is 1. The Morgan fingerprint density at radius 1 is 1.12 bits per heavy atom. The summed E-state index contributed by atoms with van der Waals surface area (Å²) in [6.07, 6.45) is 0. The average molecular weight is 448 g/mol. The number of methoxy groups -OCH3 is 2. The van der Waals surface area contributed by atoms with E-state index in [0.717, 1.165) is 19.8 Å². The second kappa shape index (κ2) is 9.23. The van der Waals surface area contributed by atoms with Crippen molar-refractivity contribution in [1.82, 2.24) is 0 Å². The molecule has 168 valence electrons. The fourth-order valence-electron chi connectivity index (χ4n) is 3.65. The number of nitrogens with two attached hydrogens (primary N) is 1. The van der Waals surface area contributed by atoms with Gasteiger partial charge in [-0.15, -0.1) is 0 Å². The van der Waals surface area contributed by atoms with Crippen LogP contribution < -0.4 is 10.6 Å². The summed E-state index contributed by atoms with van der Waals surface area (Å²) in [4.78, 5) is 37.9.